The van der Waals surface area contributed by atoms with E-state index >= 15 is 0 Å². The van der Waals surface area contributed by atoms with Gasteiger partial charge in [-0.2, -0.15) is 13.2 Å². The van der Waals surface area contributed by atoms with Gasteiger partial charge in [0.1, 0.15) is 5.75 Å². The minimum absolute atomic E-state index is 0.200. The molecule has 0 saturated carbocycles. The molecule has 0 aliphatic carbocycles. The molecule has 2 rings (SSSR count). The smallest absolute Gasteiger partial charge is 0.416 e. The molecule has 0 saturated heterocycles. The molecular formula is C15H12F3NO2. The molecule has 21 heavy (non-hydrogen) atoms. The van der Waals surface area contributed by atoms with Gasteiger partial charge in [-0.25, -0.2) is 0 Å². The molecule has 0 aliphatic heterocycles. The summed E-state index contributed by atoms with van der Waals surface area (Å²) < 4.78 is 42.2. The number of anilines is 1. The minimum atomic E-state index is -4.39. The number of rotatable bonds is 4. The Kier molecular flexibility index (Phi) is 4.47. The van der Waals surface area contributed by atoms with Crippen molar-refractivity contribution in [1.29, 1.82) is 0 Å². The minimum Gasteiger partial charge on any atom is -0.484 e. The molecule has 0 fully saturated rings. The first-order valence-electron chi connectivity index (χ1n) is 6.10. The molecule has 0 radical (unpaired) electrons. The number of alkyl halides is 3. The molecule has 0 atom stereocenters. The molecule has 1 amide bonds. The highest BCUT2D eigenvalue weighted by molar-refractivity contribution is 5.91. The molecule has 0 spiro atoms. The molecule has 0 aliphatic rings. The normalized spacial score (nSPS) is 11.0. The second-order valence-electron chi connectivity index (χ2n) is 4.23. The Morgan fingerprint density at radius 1 is 1.00 bits per heavy atom. The van der Waals surface area contributed by atoms with E-state index in [0.29, 0.717) is 5.69 Å². The van der Waals surface area contributed by atoms with Gasteiger partial charge in [-0.05, 0) is 36.4 Å². The zero-order valence-corrected chi connectivity index (χ0v) is 10.9. The Morgan fingerprint density at radius 3 is 2.19 bits per heavy atom. The van der Waals surface area contributed by atoms with Gasteiger partial charge in [0.05, 0.1) is 5.56 Å². The first kappa shape index (κ1) is 14.9. The summed E-state index contributed by atoms with van der Waals surface area (Å²) in [6.45, 7) is -0.278. The van der Waals surface area contributed by atoms with Crippen molar-refractivity contribution >= 4 is 11.6 Å². The van der Waals surface area contributed by atoms with E-state index in [2.05, 4.69) is 5.32 Å². The van der Waals surface area contributed by atoms with Crippen LogP contribution in [0.1, 0.15) is 5.56 Å². The molecule has 2 aromatic rings. The van der Waals surface area contributed by atoms with E-state index in [-0.39, 0.29) is 18.3 Å². The molecule has 6 heteroatoms. The van der Waals surface area contributed by atoms with Crippen molar-refractivity contribution in [2.75, 3.05) is 11.9 Å². The van der Waals surface area contributed by atoms with Crippen LogP contribution in [0.5, 0.6) is 5.75 Å². The Labute approximate surface area is 119 Å². The molecule has 110 valence electrons. The summed E-state index contributed by atoms with van der Waals surface area (Å²) in [7, 11) is 0. The highest BCUT2D eigenvalue weighted by atomic mass is 19.4. The Balaban J connectivity index is 1.87. The van der Waals surface area contributed by atoms with Crippen LogP contribution in [0.25, 0.3) is 0 Å². The van der Waals surface area contributed by atoms with Crippen LogP contribution in [-0.4, -0.2) is 12.5 Å². The third kappa shape index (κ3) is 4.52. The maximum Gasteiger partial charge on any atom is 0.416 e. The highest BCUT2D eigenvalue weighted by Gasteiger charge is 2.30. The Morgan fingerprint density at radius 2 is 1.62 bits per heavy atom. The van der Waals surface area contributed by atoms with Gasteiger partial charge in [0.25, 0.3) is 5.91 Å². The van der Waals surface area contributed by atoms with Crippen molar-refractivity contribution < 1.29 is 22.7 Å². The van der Waals surface area contributed by atoms with Gasteiger partial charge in [-0.15, -0.1) is 0 Å². The van der Waals surface area contributed by atoms with Crippen LogP contribution in [-0.2, 0) is 11.0 Å². The summed E-state index contributed by atoms with van der Waals surface area (Å²) in [5.41, 5.74) is -0.137. The monoisotopic (exact) mass is 295 g/mol. The van der Waals surface area contributed by atoms with Gasteiger partial charge in [0.15, 0.2) is 6.61 Å². The number of carbonyl (C=O) groups excluding carboxylic acids is 1. The Bertz CT molecular complexity index is 595. The van der Waals surface area contributed by atoms with Gasteiger partial charge in [-0.1, -0.05) is 18.2 Å². The van der Waals surface area contributed by atoms with Gasteiger partial charge in [0.2, 0.25) is 0 Å². The largest absolute Gasteiger partial charge is 0.484 e. The van der Waals surface area contributed by atoms with E-state index in [1.165, 1.54) is 12.1 Å². The number of hydrogen-bond acceptors (Lipinski definition) is 2. The first-order chi connectivity index (χ1) is 9.95. The SMILES string of the molecule is O=C(COc1ccc(C(F)(F)F)cc1)Nc1ccccc1. The summed E-state index contributed by atoms with van der Waals surface area (Å²) in [5, 5.41) is 2.60. The molecule has 0 unspecified atom stereocenters. The summed E-state index contributed by atoms with van der Waals surface area (Å²) in [6, 6.07) is 13.0. The van der Waals surface area contributed by atoms with Gasteiger partial charge >= 0.3 is 6.18 Å². The molecule has 0 heterocycles. The first-order valence-corrected chi connectivity index (χ1v) is 6.10. The predicted octanol–water partition coefficient (Wildman–Crippen LogP) is 3.72. The van der Waals surface area contributed by atoms with E-state index in [1.807, 2.05) is 6.07 Å². The zero-order chi connectivity index (χ0) is 15.3. The van der Waals surface area contributed by atoms with Crippen molar-refractivity contribution in [2.45, 2.75) is 6.18 Å². The predicted molar refractivity (Wildman–Crippen MR) is 72.0 cm³/mol. The highest BCUT2D eigenvalue weighted by Crippen LogP contribution is 2.30. The standard InChI is InChI=1S/C15H12F3NO2/c16-15(17,18)11-6-8-13(9-7-11)21-10-14(20)19-12-4-2-1-3-5-12/h1-9H,10H2,(H,19,20). The molecular weight excluding hydrogens is 283 g/mol. The number of halogens is 3. The Hall–Kier alpha value is -2.50. The molecule has 1 N–H and O–H groups in total. The summed E-state index contributed by atoms with van der Waals surface area (Å²) in [5.74, 6) is -0.188. The topological polar surface area (TPSA) is 38.3 Å². The molecule has 0 bridgehead atoms. The molecule has 0 aromatic heterocycles. The van der Waals surface area contributed by atoms with Crippen LogP contribution in [0, 0.1) is 0 Å². The number of ether oxygens (including phenoxy) is 1. The summed E-state index contributed by atoms with van der Waals surface area (Å²) in [6.07, 6.45) is -4.39. The van der Waals surface area contributed by atoms with Gasteiger partial charge in [0, 0.05) is 5.69 Å². The van der Waals surface area contributed by atoms with Crippen LogP contribution in [0.4, 0.5) is 18.9 Å². The van der Waals surface area contributed by atoms with E-state index in [0.717, 1.165) is 12.1 Å². The summed E-state index contributed by atoms with van der Waals surface area (Å²) in [4.78, 5) is 11.6. The average Bonchev–Trinajstić information content (AvgIpc) is 2.46. The van der Waals surface area contributed by atoms with Crippen LogP contribution in [0.2, 0.25) is 0 Å². The lowest BCUT2D eigenvalue weighted by molar-refractivity contribution is -0.137. The van der Waals surface area contributed by atoms with Crippen molar-refractivity contribution in [3.63, 3.8) is 0 Å². The van der Waals surface area contributed by atoms with Crippen molar-refractivity contribution in [2.24, 2.45) is 0 Å². The van der Waals surface area contributed by atoms with Crippen molar-refractivity contribution in [3.8, 4) is 5.75 Å². The van der Waals surface area contributed by atoms with Crippen molar-refractivity contribution in [3.05, 3.63) is 60.2 Å². The van der Waals surface area contributed by atoms with E-state index in [9.17, 15) is 18.0 Å². The van der Waals surface area contributed by atoms with Crippen LogP contribution >= 0.6 is 0 Å². The number of amides is 1. The fourth-order valence-corrected chi connectivity index (χ4v) is 1.61. The van der Waals surface area contributed by atoms with Gasteiger partial charge < -0.3 is 10.1 Å². The maximum atomic E-state index is 12.4. The van der Waals surface area contributed by atoms with E-state index in [1.54, 1.807) is 24.3 Å². The number of benzene rings is 2. The second kappa shape index (κ2) is 6.30. The number of hydrogen-bond donors (Lipinski definition) is 1. The molecule has 2 aromatic carbocycles. The fourth-order valence-electron chi connectivity index (χ4n) is 1.61. The maximum absolute atomic E-state index is 12.4. The average molecular weight is 295 g/mol. The lowest BCUT2D eigenvalue weighted by Crippen LogP contribution is -2.20. The summed E-state index contributed by atoms with van der Waals surface area (Å²) >= 11 is 0. The van der Waals surface area contributed by atoms with E-state index < -0.39 is 11.7 Å². The van der Waals surface area contributed by atoms with Crippen LogP contribution < -0.4 is 10.1 Å². The van der Waals surface area contributed by atoms with Crippen LogP contribution in [0.3, 0.4) is 0 Å². The molecule has 3 nitrogen and oxygen atoms in total. The number of nitrogens with one attached hydrogen (secondary N) is 1. The number of carbonyl (C=O) groups is 1. The fraction of sp³-hybridized carbons (Fsp3) is 0.133. The lowest BCUT2D eigenvalue weighted by Gasteiger charge is -2.09. The quantitative estimate of drug-likeness (QED) is 0.933. The third-order valence-electron chi connectivity index (χ3n) is 2.61. The van der Waals surface area contributed by atoms with Crippen LogP contribution in [0.15, 0.2) is 54.6 Å². The third-order valence-corrected chi connectivity index (χ3v) is 2.61. The zero-order valence-electron chi connectivity index (χ0n) is 10.9. The van der Waals surface area contributed by atoms with Crippen molar-refractivity contribution in [1.82, 2.24) is 0 Å². The van der Waals surface area contributed by atoms with E-state index in [4.69, 9.17) is 4.74 Å². The van der Waals surface area contributed by atoms with Gasteiger partial charge in [-0.3, -0.25) is 4.79 Å². The number of para-hydroxylation sites is 1. The second-order valence-corrected chi connectivity index (χ2v) is 4.23. The lowest BCUT2D eigenvalue weighted by atomic mass is 10.2.